The third-order valence-corrected chi connectivity index (χ3v) is 2.97. The minimum Gasteiger partial charge on any atom is -0.389 e. The average Bonchev–Trinajstić information content (AvgIpc) is 2.20. The van der Waals surface area contributed by atoms with Crippen LogP contribution in [0.3, 0.4) is 0 Å². The molecule has 1 aromatic carbocycles. The van der Waals surface area contributed by atoms with Crippen LogP contribution in [0.2, 0.25) is 5.02 Å². The third kappa shape index (κ3) is 4.92. The summed E-state index contributed by atoms with van der Waals surface area (Å²) in [5.74, 6) is -0.376. The van der Waals surface area contributed by atoms with Gasteiger partial charge >= 0.3 is 0 Å². The number of aliphatic hydroxyl groups is 1. The molecule has 4 heteroatoms. The highest BCUT2D eigenvalue weighted by Crippen LogP contribution is 2.24. The lowest BCUT2D eigenvalue weighted by atomic mass is 9.95. The van der Waals surface area contributed by atoms with Crippen LogP contribution < -0.4 is 5.32 Å². The molecule has 0 aliphatic carbocycles. The van der Waals surface area contributed by atoms with E-state index in [2.05, 4.69) is 5.32 Å². The van der Waals surface area contributed by atoms with Crippen molar-refractivity contribution in [1.82, 2.24) is 5.32 Å². The van der Waals surface area contributed by atoms with Gasteiger partial charge < -0.3 is 10.4 Å². The average molecular weight is 274 g/mol. The quantitative estimate of drug-likeness (QED) is 0.883. The van der Waals surface area contributed by atoms with E-state index in [0.717, 1.165) is 0 Å². The molecule has 2 nitrogen and oxygen atoms in total. The predicted octanol–water partition coefficient (Wildman–Crippen LogP) is 3.16. The monoisotopic (exact) mass is 273 g/mol. The van der Waals surface area contributed by atoms with Crippen LogP contribution in [-0.4, -0.2) is 22.8 Å². The largest absolute Gasteiger partial charge is 0.389 e. The fraction of sp³-hybridized carbons (Fsp3) is 0.571. The van der Waals surface area contributed by atoms with Crippen molar-refractivity contribution < 1.29 is 9.50 Å². The number of β-amino-alcohol motifs (C(OH)–C–C–N with tert-alkyl or cyclic N) is 1. The summed E-state index contributed by atoms with van der Waals surface area (Å²) in [5.41, 5.74) is -0.776. The zero-order chi connectivity index (χ0) is 14.0. The standard InChI is InChI=1S/C14H21ClFNO/c1-13(2,3)17-9-14(4,18)8-10-11(15)6-5-7-12(10)16/h5-7,17-18H,8-9H2,1-4H3. The van der Waals surface area contributed by atoms with E-state index < -0.39 is 5.60 Å². The van der Waals surface area contributed by atoms with Crippen molar-refractivity contribution in [2.45, 2.75) is 45.3 Å². The molecule has 0 fully saturated rings. The summed E-state index contributed by atoms with van der Waals surface area (Å²) >= 11 is 5.95. The van der Waals surface area contributed by atoms with Crippen molar-refractivity contribution in [3.8, 4) is 0 Å². The Kier molecular flexibility index (Phi) is 4.76. The maximum Gasteiger partial charge on any atom is 0.127 e. The number of rotatable bonds is 4. The summed E-state index contributed by atoms with van der Waals surface area (Å²) in [4.78, 5) is 0. The first-order valence-corrected chi connectivity index (χ1v) is 6.39. The van der Waals surface area contributed by atoms with Crippen molar-refractivity contribution in [2.75, 3.05) is 6.54 Å². The highest BCUT2D eigenvalue weighted by molar-refractivity contribution is 6.31. The van der Waals surface area contributed by atoms with E-state index in [4.69, 9.17) is 11.6 Å². The minimum absolute atomic E-state index is 0.0942. The van der Waals surface area contributed by atoms with Gasteiger partial charge in [-0.25, -0.2) is 4.39 Å². The highest BCUT2D eigenvalue weighted by Gasteiger charge is 2.25. The molecule has 1 atom stereocenters. The molecular weight excluding hydrogens is 253 g/mol. The topological polar surface area (TPSA) is 32.3 Å². The molecule has 1 aromatic rings. The second-order valence-electron chi connectivity index (χ2n) is 5.98. The SMILES string of the molecule is CC(O)(CNC(C)(C)C)Cc1c(F)cccc1Cl. The van der Waals surface area contributed by atoms with Crippen LogP contribution in [0.4, 0.5) is 4.39 Å². The van der Waals surface area contributed by atoms with Crippen LogP contribution >= 0.6 is 11.6 Å². The summed E-state index contributed by atoms with van der Waals surface area (Å²) in [6.07, 6.45) is 0.182. The summed E-state index contributed by atoms with van der Waals surface area (Å²) < 4.78 is 13.6. The van der Waals surface area contributed by atoms with Gasteiger partial charge in [0.2, 0.25) is 0 Å². The van der Waals surface area contributed by atoms with Gasteiger partial charge in [-0.1, -0.05) is 17.7 Å². The van der Waals surface area contributed by atoms with E-state index in [1.807, 2.05) is 20.8 Å². The molecule has 0 bridgehead atoms. The van der Waals surface area contributed by atoms with Crippen LogP contribution in [0.1, 0.15) is 33.3 Å². The van der Waals surface area contributed by atoms with Crippen molar-refractivity contribution in [1.29, 1.82) is 0 Å². The zero-order valence-electron chi connectivity index (χ0n) is 11.3. The Morgan fingerprint density at radius 3 is 2.39 bits per heavy atom. The molecule has 102 valence electrons. The second-order valence-corrected chi connectivity index (χ2v) is 6.38. The van der Waals surface area contributed by atoms with E-state index in [1.165, 1.54) is 6.07 Å². The van der Waals surface area contributed by atoms with Crippen molar-refractivity contribution in [2.24, 2.45) is 0 Å². The molecule has 0 saturated heterocycles. The van der Waals surface area contributed by atoms with E-state index >= 15 is 0 Å². The molecule has 1 rings (SSSR count). The van der Waals surface area contributed by atoms with Crippen LogP contribution in [0.15, 0.2) is 18.2 Å². The molecule has 2 N–H and O–H groups in total. The minimum atomic E-state index is -1.04. The summed E-state index contributed by atoms with van der Waals surface area (Å²) in [7, 11) is 0. The Balaban J connectivity index is 2.76. The van der Waals surface area contributed by atoms with Gasteiger partial charge in [-0.15, -0.1) is 0 Å². The lowest BCUT2D eigenvalue weighted by Crippen LogP contribution is -2.47. The van der Waals surface area contributed by atoms with Crippen LogP contribution in [0.25, 0.3) is 0 Å². The first kappa shape index (κ1) is 15.4. The summed E-state index contributed by atoms with van der Waals surface area (Å²) in [6.45, 7) is 8.09. The van der Waals surface area contributed by atoms with Gasteiger partial charge in [0.1, 0.15) is 5.82 Å². The Hall–Kier alpha value is -0.640. The maximum atomic E-state index is 13.6. The van der Waals surface area contributed by atoms with Gasteiger partial charge in [-0.2, -0.15) is 0 Å². The van der Waals surface area contributed by atoms with Crippen molar-refractivity contribution in [3.63, 3.8) is 0 Å². The van der Waals surface area contributed by atoms with E-state index in [9.17, 15) is 9.50 Å². The molecule has 0 amide bonds. The molecule has 0 saturated carbocycles. The van der Waals surface area contributed by atoms with Crippen LogP contribution in [0.5, 0.6) is 0 Å². The Bertz CT molecular complexity index is 392. The Labute approximate surface area is 113 Å². The molecule has 0 spiro atoms. The zero-order valence-corrected chi connectivity index (χ0v) is 12.1. The highest BCUT2D eigenvalue weighted by atomic mass is 35.5. The number of nitrogens with one attached hydrogen (secondary N) is 1. The molecule has 0 aromatic heterocycles. The van der Waals surface area contributed by atoms with E-state index in [1.54, 1.807) is 19.1 Å². The van der Waals surface area contributed by atoms with Gasteiger partial charge in [-0.3, -0.25) is 0 Å². The summed E-state index contributed by atoms with van der Waals surface area (Å²) in [6, 6.07) is 4.55. The first-order valence-electron chi connectivity index (χ1n) is 6.01. The van der Waals surface area contributed by atoms with E-state index in [-0.39, 0.29) is 17.8 Å². The maximum absolute atomic E-state index is 13.6. The molecule has 0 aliphatic heterocycles. The third-order valence-electron chi connectivity index (χ3n) is 2.62. The molecule has 18 heavy (non-hydrogen) atoms. The van der Waals surface area contributed by atoms with E-state index in [0.29, 0.717) is 17.1 Å². The van der Waals surface area contributed by atoms with Gasteiger partial charge in [0, 0.05) is 29.1 Å². The molecule has 0 radical (unpaired) electrons. The molecule has 0 aliphatic rings. The second kappa shape index (κ2) is 5.55. The molecule has 0 heterocycles. The fourth-order valence-corrected chi connectivity index (χ4v) is 1.83. The van der Waals surface area contributed by atoms with Crippen molar-refractivity contribution >= 4 is 11.6 Å². The van der Waals surface area contributed by atoms with Crippen LogP contribution in [-0.2, 0) is 6.42 Å². The van der Waals surface area contributed by atoms with Crippen molar-refractivity contribution in [3.05, 3.63) is 34.6 Å². The lowest BCUT2D eigenvalue weighted by molar-refractivity contribution is 0.0526. The number of halogens is 2. The Morgan fingerprint density at radius 2 is 1.89 bits per heavy atom. The number of benzene rings is 1. The fourth-order valence-electron chi connectivity index (χ4n) is 1.60. The van der Waals surface area contributed by atoms with Crippen LogP contribution in [0, 0.1) is 5.82 Å². The number of hydrogen-bond donors (Lipinski definition) is 2. The van der Waals surface area contributed by atoms with Gasteiger partial charge in [0.15, 0.2) is 0 Å². The van der Waals surface area contributed by atoms with Gasteiger partial charge in [0.05, 0.1) is 5.60 Å². The smallest absolute Gasteiger partial charge is 0.127 e. The predicted molar refractivity (Wildman–Crippen MR) is 73.5 cm³/mol. The molecule has 1 unspecified atom stereocenters. The first-order chi connectivity index (χ1) is 8.11. The van der Waals surface area contributed by atoms with Gasteiger partial charge in [0.25, 0.3) is 0 Å². The Morgan fingerprint density at radius 1 is 1.28 bits per heavy atom. The number of hydrogen-bond acceptors (Lipinski definition) is 2. The lowest BCUT2D eigenvalue weighted by Gasteiger charge is -2.29. The molecular formula is C14H21ClFNO. The van der Waals surface area contributed by atoms with Gasteiger partial charge in [-0.05, 0) is 39.8 Å². The summed E-state index contributed by atoms with van der Waals surface area (Å²) in [5, 5.41) is 13.9. The normalized spacial score (nSPS) is 15.5.